The molecule has 1 aliphatic heterocycles. The van der Waals surface area contributed by atoms with Crippen molar-refractivity contribution in [3.05, 3.63) is 61.4 Å². The van der Waals surface area contributed by atoms with Crippen molar-refractivity contribution >= 4 is 28.6 Å². The highest BCUT2D eigenvalue weighted by Gasteiger charge is 2.18. The van der Waals surface area contributed by atoms with Gasteiger partial charge in [-0.1, -0.05) is 11.6 Å². The molecule has 0 radical (unpaired) electrons. The van der Waals surface area contributed by atoms with Crippen LogP contribution in [0.1, 0.15) is 15.9 Å². The monoisotopic (exact) mass is 417 g/mol. The lowest BCUT2D eigenvalue weighted by Gasteiger charge is -2.20. The Labute approximate surface area is 169 Å². The lowest BCUT2D eigenvalue weighted by atomic mass is 10.2. The van der Waals surface area contributed by atoms with Crippen LogP contribution in [0.5, 0.6) is 11.5 Å². The maximum absolute atomic E-state index is 12.5. The number of fused-ring (bicyclic) bond motifs is 2. The number of carbonyl (C=O) groups is 1. The van der Waals surface area contributed by atoms with Crippen LogP contribution in [-0.2, 0) is 25.4 Å². The van der Waals surface area contributed by atoms with Crippen LogP contribution in [-0.4, -0.2) is 33.3 Å². The molecule has 10 heteroatoms. The zero-order chi connectivity index (χ0) is 20.7. The third kappa shape index (κ3) is 3.33. The molecule has 0 N–H and O–H groups in total. The van der Waals surface area contributed by atoms with Crippen LogP contribution in [0, 0.1) is 0 Å². The van der Waals surface area contributed by atoms with Crippen molar-refractivity contribution in [3.63, 3.8) is 0 Å². The van der Waals surface area contributed by atoms with Gasteiger partial charge in [0.1, 0.15) is 25.5 Å². The van der Waals surface area contributed by atoms with Crippen molar-refractivity contribution < 1.29 is 19.0 Å². The molecule has 4 rings (SSSR count). The molecule has 0 spiro atoms. The van der Waals surface area contributed by atoms with Crippen molar-refractivity contribution in [2.75, 3.05) is 13.2 Å². The molecule has 0 fully saturated rings. The van der Waals surface area contributed by atoms with E-state index >= 15 is 0 Å². The quantitative estimate of drug-likeness (QED) is 0.594. The molecule has 0 saturated heterocycles. The van der Waals surface area contributed by atoms with Crippen molar-refractivity contribution in [1.82, 2.24) is 14.1 Å². The Hall–Kier alpha value is -3.33. The highest BCUT2D eigenvalue weighted by atomic mass is 35.5. The first-order valence-electron chi connectivity index (χ1n) is 8.67. The van der Waals surface area contributed by atoms with Crippen LogP contribution in [0.15, 0.2) is 34.0 Å². The molecule has 3 heterocycles. The first-order valence-corrected chi connectivity index (χ1v) is 9.05. The maximum Gasteiger partial charge on any atom is 0.340 e. The summed E-state index contributed by atoms with van der Waals surface area (Å²) in [5.41, 5.74) is -0.130. The number of rotatable bonds is 3. The molecular weight excluding hydrogens is 402 g/mol. The SMILES string of the molecule is Cn1c(=O)c2cc(C(=O)OCc3cc(Cl)c4c(c3)OCCO4)cnc2n(C)c1=O. The van der Waals surface area contributed by atoms with Crippen molar-refractivity contribution in [2.45, 2.75) is 6.61 Å². The molecule has 9 nitrogen and oxygen atoms in total. The first-order chi connectivity index (χ1) is 13.9. The average Bonchev–Trinajstić information content (AvgIpc) is 2.74. The van der Waals surface area contributed by atoms with Gasteiger partial charge in [-0.15, -0.1) is 0 Å². The molecule has 29 heavy (non-hydrogen) atoms. The summed E-state index contributed by atoms with van der Waals surface area (Å²) in [5.74, 6) is 0.293. The maximum atomic E-state index is 12.5. The number of pyridine rings is 1. The third-order valence-electron chi connectivity index (χ3n) is 4.56. The fourth-order valence-corrected chi connectivity index (χ4v) is 3.34. The minimum atomic E-state index is -0.665. The molecule has 0 atom stereocenters. The highest BCUT2D eigenvalue weighted by Crippen LogP contribution is 2.38. The molecular formula is C19H16ClN3O6. The number of nitrogens with zero attached hydrogens (tertiary/aromatic N) is 3. The zero-order valence-corrected chi connectivity index (χ0v) is 16.4. The van der Waals surface area contributed by atoms with Crippen LogP contribution in [0.3, 0.4) is 0 Å². The van der Waals surface area contributed by atoms with Crippen LogP contribution in [0.2, 0.25) is 5.02 Å². The van der Waals surface area contributed by atoms with E-state index in [-0.39, 0.29) is 23.2 Å². The molecule has 0 aliphatic carbocycles. The van der Waals surface area contributed by atoms with Gasteiger partial charge in [-0.05, 0) is 23.8 Å². The second-order valence-corrected chi connectivity index (χ2v) is 6.89. The van der Waals surface area contributed by atoms with E-state index in [9.17, 15) is 14.4 Å². The van der Waals surface area contributed by atoms with Crippen molar-refractivity contribution in [2.24, 2.45) is 14.1 Å². The molecule has 2 aromatic heterocycles. The Bertz CT molecular complexity index is 1260. The summed E-state index contributed by atoms with van der Waals surface area (Å²) in [4.78, 5) is 40.9. The number of hydrogen-bond acceptors (Lipinski definition) is 7. The van der Waals surface area contributed by atoms with E-state index in [1.807, 2.05) is 0 Å². The van der Waals surface area contributed by atoms with Crippen LogP contribution >= 0.6 is 11.6 Å². The Morgan fingerprint density at radius 3 is 2.72 bits per heavy atom. The summed E-state index contributed by atoms with van der Waals surface area (Å²) < 4.78 is 18.5. The number of benzene rings is 1. The summed E-state index contributed by atoms with van der Waals surface area (Å²) in [7, 11) is 2.86. The van der Waals surface area contributed by atoms with E-state index in [4.69, 9.17) is 25.8 Å². The van der Waals surface area contributed by atoms with E-state index in [0.29, 0.717) is 35.3 Å². The molecule has 150 valence electrons. The van der Waals surface area contributed by atoms with Gasteiger partial charge in [0.05, 0.1) is 16.0 Å². The second-order valence-electron chi connectivity index (χ2n) is 6.48. The summed E-state index contributed by atoms with van der Waals surface area (Å²) in [5, 5.41) is 0.511. The fraction of sp³-hybridized carbons (Fsp3) is 0.263. The lowest BCUT2D eigenvalue weighted by Crippen LogP contribution is -2.37. The Morgan fingerprint density at radius 2 is 1.93 bits per heavy atom. The molecule has 1 aromatic carbocycles. The van der Waals surface area contributed by atoms with Gasteiger partial charge in [0.15, 0.2) is 11.5 Å². The number of halogens is 1. The van der Waals surface area contributed by atoms with Crippen molar-refractivity contribution in [1.29, 1.82) is 0 Å². The van der Waals surface area contributed by atoms with Crippen LogP contribution in [0.25, 0.3) is 11.0 Å². The van der Waals surface area contributed by atoms with Gasteiger partial charge in [0.25, 0.3) is 5.56 Å². The number of carbonyl (C=O) groups excluding carboxylic acids is 1. The van der Waals surface area contributed by atoms with Crippen LogP contribution in [0.4, 0.5) is 0 Å². The second kappa shape index (κ2) is 7.25. The Balaban J connectivity index is 1.59. The van der Waals surface area contributed by atoms with E-state index in [0.717, 1.165) is 4.57 Å². The molecule has 0 unspecified atom stereocenters. The minimum Gasteiger partial charge on any atom is -0.486 e. The predicted octanol–water partition coefficient (Wildman–Crippen LogP) is 1.41. The molecule has 0 bridgehead atoms. The van der Waals surface area contributed by atoms with E-state index in [1.54, 1.807) is 12.1 Å². The van der Waals surface area contributed by atoms with Gasteiger partial charge in [-0.25, -0.2) is 14.6 Å². The Morgan fingerprint density at radius 1 is 1.17 bits per heavy atom. The number of aryl methyl sites for hydroxylation is 1. The van der Waals surface area contributed by atoms with Gasteiger partial charge in [-0.2, -0.15) is 0 Å². The average molecular weight is 418 g/mol. The number of aromatic nitrogens is 3. The first kappa shape index (κ1) is 19.0. The van der Waals surface area contributed by atoms with Gasteiger partial charge >= 0.3 is 11.7 Å². The summed E-state index contributed by atoms with van der Waals surface area (Å²) in [6, 6.07) is 4.69. The van der Waals surface area contributed by atoms with Gasteiger partial charge in [0, 0.05) is 20.3 Å². The standard InChI is InChI=1S/C19H16ClN3O6/c1-22-16-12(17(24)23(2)19(22)26)7-11(8-21-16)18(25)29-9-10-5-13(20)15-14(6-10)27-3-4-28-15/h5-8H,3-4,9H2,1-2H3. The summed E-state index contributed by atoms with van der Waals surface area (Å²) in [6.07, 6.45) is 1.26. The molecule has 3 aromatic rings. The molecule has 0 amide bonds. The summed E-state index contributed by atoms with van der Waals surface area (Å²) >= 11 is 6.18. The Kier molecular flexibility index (Phi) is 4.75. The summed E-state index contributed by atoms with van der Waals surface area (Å²) in [6.45, 7) is 0.770. The number of ether oxygens (including phenoxy) is 3. The van der Waals surface area contributed by atoms with Gasteiger partial charge in [0.2, 0.25) is 0 Å². The fourth-order valence-electron chi connectivity index (χ4n) is 3.06. The van der Waals surface area contributed by atoms with Gasteiger partial charge in [-0.3, -0.25) is 13.9 Å². The zero-order valence-electron chi connectivity index (χ0n) is 15.6. The molecule has 1 aliphatic rings. The highest BCUT2D eigenvalue weighted by molar-refractivity contribution is 6.32. The van der Waals surface area contributed by atoms with E-state index in [2.05, 4.69) is 4.98 Å². The smallest absolute Gasteiger partial charge is 0.340 e. The van der Waals surface area contributed by atoms with Crippen molar-refractivity contribution in [3.8, 4) is 11.5 Å². The third-order valence-corrected chi connectivity index (χ3v) is 4.84. The topological polar surface area (TPSA) is 102 Å². The lowest BCUT2D eigenvalue weighted by molar-refractivity contribution is 0.0471. The van der Waals surface area contributed by atoms with Crippen LogP contribution < -0.4 is 20.7 Å². The van der Waals surface area contributed by atoms with E-state index < -0.39 is 17.2 Å². The van der Waals surface area contributed by atoms with E-state index in [1.165, 1.54) is 30.9 Å². The minimum absolute atomic E-state index is 0.0570. The van der Waals surface area contributed by atoms with Gasteiger partial charge < -0.3 is 14.2 Å². The number of esters is 1. The normalized spacial score (nSPS) is 12.8. The largest absolute Gasteiger partial charge is 0.486 e. The molecule has 0 saturated carbocycles. The predicted molar refractivity (Wildman–Crippen MR) is 104 cm³/mol. The number of hydrogen-bond donors (Lipinski definition) is 0.